The van der Waals surface area contributed by atoms with Crippen LogP contribution in [0.2, 0.25) is 0 Å². The molecule has 20 heavy (non-hydrogen) atoms. The Kier molecular flexibility index (Phi) is 5.18. The number of carbonyl (C=O) groups is 1. The van der Waals surface area contributed by atoms with E-state index in [1.165, 1.54) is 29.7 Å². The quantitative estimate of drug-likeness (QED) is 0.794. The zero-order valence-electron chi connectivity index (χ0n) is 11.6. The molecule has 2 rings (SSSR count). The van der Waals surface area contributed by atoms with E-state index in [4.69, 9.17) is 5.11 Å². The Morgan fingerprint density at radius 1 is 1.30 bits per heavy atom. The van der Waals surface area contributed by atoms with Crippen molar-refractivity contribution >= 4 is 23.0 Å². The molecule has 0 aliphatic heterocycles. The van der Waals surface area contributed by atoms with E-state index in [9.17, 15) is 4.79 Å². The Balaban J connectivity index is 1.88. The third-order valence-corrected chi connectivity index (χ3v) is 4.08. The van der Waals surface area contributed by atoms with E-state index in [1.54, 1.807) is 11.4 Å². The van der Waals surface area contributed by atoms with Crippen LogP contribution in [0.5, 0.6) is 0 Å². The van der Waals surface area contributed by atoms with Crippen LogP contribution in [0.15, 0.2) is 35.7 Å². The van der Waals surface area contributed by atoms with Crippen molar-refractivity contribution in [3.8, 4) is 0 Å². The first-order valence-electron chi connectivity index (χ1n) is 6.82. The average Bonchev–Trinajstić information content (AvgIpc) is 2.93. The Hall–Kier alpha value is -1.81. The van der Waals surface area contributed by atoms with E-state index in [1.807, 2.05) is 0 Å². The van der Waals surface area contributed by atoms with Crippen molar-refractivity contribution in [2.24, 2.45) is 0 Å². The molecule has 2 N–H and O–H groups in total. The van der Waals surface area contributed by atoms with E-state index in [0.29, 0.717) is 12.1 Å². The van der Waals surface area contributed by atoms with Gasteiger partial charge in [-0.2, -0.15) is 0 Å². The fourth-order valence-electron chi connectivity index (χ4n) is 1.94. The van der Waals surface area contributed by atoms with Crippen LogP contribution in [0.4, 0.5) is 5.69 Å². The maximum Gasteiger partial charge on any atom is 0.336 e. The highest BCUT2D eigenvalue weighted by molar-refractivity contribution is 7.10. The summed E-state index contributed by atoms with van der Waals surface area (Å²) in [5.41, 5.74) is 2.79. The molecule has 0 amide bonds. The molecule has 0 atom stereocenters. The highest BCUT2D eigenvalue weighted by Gasteiger charge is 2.06. The largest absolute Gasteiger partial charge is 0.478 e. The maximum absolute atomic E-state index is 10.8. The summed E-state index contributed by atoms with van der Waals surface area (Å²) >= 11 is 1.47. The molecule has 0 spiro atoms. The van der Waals surface area contributed by atoms with Gasteiger partial charge < -0.3 is 10.4 Å². The number of hydrogen-bond acceptors (Lipinski definition) is 3. The molecule has 106 valence electrons. The molecule has 0 fully saturated rings. The molecule has 1 aromatic carbocycles. The van der Waals surface area contributed by atoms with Crippen molar-refractivity contribution < 1.29 is 9.90 Å². The number of hydrogen-bond donors (Lipinski definition) is 2. The highest BCUT2D eigenvalue weighted by atomic mass is 32.1. The monoisotopic (exact) mass is 289 g/mol. The zero-order valence-corrected chi connectivity index (χ0v) is 12.4. The Morgan fingerprint density at radius 2 is 2.05 bits per heavy atom. The van der Waals surface area contributed by atoms with Gasteiger partial charge in [0.25, 0.3) is 0 Å². The van der Waals surface area contributed by atoms with Crippen LogP contribution in [-0.2, 0) is 13.0 Å². The molecule has 0 bridgehead atoms. The molecule has 0 aliphatic carbocycles. The van der Waals surface area contributed by atoms with Crippen LogP contribution in [0.25, 0.3) is 0 Å². The molecule has 0 saturated carbocycles. The number of nitrogens with one attached hydrogen (secondary N) is 1. The minimum absolute atomic E-state index is 0.363. The number of anilines is 1. The fourth-order valence-corrected chi connectivity index (χ4v) is 2.74. The van der Waals surface area contributed by atoms with E-state index >= 15 is 0 Å². The molecule has 4 heteroatoms. The van der Waals surface area contributed by atoms with Gasteiger partial charge in [0.1, 0.15) is 0 Å². The molecule has 1 aromatic heterocycles. The number of unbranched alkanes of at least 4 members (excludes halogenated alkanes) is 1. The van der Waals surface area contributed by atoms with Crippen LogP contribution >= 0.6 is 11.3 Å². The van der Waals surface area contributed by atoms with Gasteiger partial charge >= 0.3 is 5.97 Å². The predicted molar refractivity (Wildman–Crippen MR) is 83.7 cm³/mol. The number of benzene rings is 1. The van der Waals surface area contributed by atoms with E-state index in [0.717, 1.165) is 17.0 Å². The van der Waals surface area contributed by atoms with Gasteiger partial charge in [-0.05, 0) is 36.6 Å². The summed E-state index contributed by atoms with van der Waals surface area (Å²) in [4.78, 5) is 11.8. The molecule has 3 nitrogen and oxygen atoms in total. The van der Waals surface area contributed by atoms with Gasteiger partial charge in [0.15, 0.2) is 0 Å². The second-order valence-electron chi connectivity index (χ2n) is 4.76. The molecule has 0 unspecified atom stereocenters. The summed E-state index contributed by atoms with van der Waals surface area (Å²) in [6.07, 6.45) is 3.56. The van der Waals surface area contributed by atoms with Gasteiger partial charge in [-0.3, -0.25) is 0 Å². The summed E-state index contributed by atoms with van der Waals surface area (Å²) in [7, 11) is 0. The molecule has 1 heterocycles. The second-order valence-corrected chi connectivity index (χ2v) is 5.76. The van der Waals surface area contributed by atoms with Crippen LogP contribution in [0, 0.1) is 0 Å². The lowest BCUT2D eigenvalue weighted by atomic mass is 10.1. The summed E-state index contributed by atoms with van der Waals surface area (Å²) in [6, 6.07) is 10.2. The topological polar surface area (TPSA) is 49.3 Å². The summed E-state index contributed by atoms with van der Waals surface area (Å²) < 4.78 is 0. The van der Waals surface area contributed by atoms with Crippen LogP contribution in [-0.4, -0.2) is 11.1 Å². The van der Waals surface area contributed by atoms with E-state index in [2.05, 4.69) is 36.5 Å². The SMILES string of the molecule is CCCCc1ccc(NCc2cc(C(=O)O)cs2)cc1. The Bertz CT molecular complexity index is 560. The van der Waals surface area contributed by atoms with Gasteiger partial charge in [0.2, 0.25) is 0 Å². The van der Waals surface area contributed by atoms with Gasteiger partial charge in [-0.15, -0.1) is 11.3 Å². The molecule has 0 radical (unpaired) electrons. The first-order valence-corrected chi connectivity index (χ1v) is 7.70. The highest BCUT2D eigenvalue weighted by Crippen LogP contribution is 2.17. The first kappa shape index (κ1) is 14.6. The number of thiophene rings is 1. The lowest BCUT2D eigenvalue weighted by Crippen LogP contribution is -1.98. The second kappa shape index (κ2) is 7.10. The van der Waals surface area contributed by atoms with E-state index < -0.39 is 5.97 Å². The third kappa shape index (κ3) is 4.10. The van der Waals surface area contributed by atoms with Gasteiger partial charge in [-0.25, -0.2) is 4.79 Å². The Labute approximate surface area is 123 Å². The minimum Gasteiger partial charge on any atom is -0.478 e. The Morgan fingerprint density at radius 3 is 2.65 bits per heavy atom. The van der Waals surface area contributed by atoms with Gasteiger partial charge in [-0.1, -0.05) is 25.5 Å². The number of aromatic carboxylic acids is 1. The minimum atomic E-state index is -0.868. The molecule has 0 aliphatic rings. The number of carboxylic acids is 1. The zero-order chi connectivity index (χ0) is 14.4. The lowest BCUT2D eigenvalue weighted by molar-refractivity contribution is 0.0697. The fraction of sp³-hybridized carbons (Fsp3) is 0.312. The normalized spacial score (nSPS) is 10.4. The first-order chi connectivity index (χ1) is 9.69. The van der Waals surface area contributed by atoms with Crippen molar-refractivity contribution in [1.29, 1.82) is 0 Å². The van der Waals surface area contributed by atoms with Crippen molar-refractivity contribution in [2.75, 3.05) is 5.32 Å². The van der Waals surface area contributed by atoms with Crippen molar-refractivity contribution in [1.82, 2.24) is 0 Å². The van der Waals surface area contributed by atoms with Gasteiger partial charge in [0.05, 0.1) is 5.56 Å². The molecular weight excluding hydrogens is 270 g/mol. The van der Waals surface area contributed by atoms with Crippen LogP contribution < -0.4 is 5.32 Å². The number of aryl methyl sites for hydroxylation is 1. The average molecular weight is 289 g/mol. The molecular formula is C16H19NO2S. The summed E-state index contributed by atoms with van der Waals surface area (Å²) in [6.45, 7) is 2.86. The predicted octanol–water partition coefficient (Wildman–Crippen LogP) is 4.40. The maximum atomic E-state index is 10.8. The van der Waals surface area contributed by atoms with Crippen LogP contribution in [0.1, 0.15) is 40.6 Å². The van der Waals surface area contributed by atoms with Crippen molar-refractivity contribution in [2.45, 2.75) is 32.7 Å². The number of carboxylic acid groups (broad SMARTS) is 1. The van der Waals surface area contributed by atoms with Crippen molar-refractivity contribution in [3.63, 3.8) is 0 Å². The molecule has 0 saturated heterocycles. The summed E-state index contributed by atoms with van der Waals surface area (Å²) in [5.74, 6) is -0.868. The standard InChI is InChI=1S/C16H19NO2S/c1-2-3-4-12-5-7-14(8-6-12)17-10-15-9-13(11-20-15)16(18)19/h5-9,11,17H,2-4,10H2,1H3,(H,18,19). The van der Waals surface area contributed by atoms with Gasteiger partial charge in [0, 0.05) is 22.5 Å². The van der Waals surface area contributed by atoms with Crippen LogP contribution in [0.3, 0.4) is 0 Å². The summed E-state index contributed by atoms with van der Waals surface area (Å²) in [5, 5.41) is 13.9. The van der Waals surface area contributed by atoms with E-state index in [-0.39, 0.29) is 0 Å². The number of rotatable bonds is 7. The smallest absolute Gasteiger partial charge is 0.336 e. The molecule has 2 aromatic rings. The lowest BCUT2D eigenvalue weighted by Gasteiger charge is -2.06. The van der Waals surface area contributed by atoms with Crippen molar-refractivity contribution in [3.05, 3.63) is 51.7 Å². The third-order valence-electron chi connectivity index (χ3n) is 3.14.